The first-order valence-corrected chi connectivity index (χ1v) is 7.22. The second-order valence-corrected chi connectivity index (χ2v) is 5.35. The molecule has 0 saturated heterocycles. The molecule has 1 aromatic heterocycles. The molecule has 106 valence electrons. The van der Waals surface area contributed by atoms with Crippen LogP contribution >= 0.6 is 0 Å². The van der Waals surface area contributed by atoms with Crippen LogP contribution in [0.4, 0.5) is 0 Å². The average molecular weight is 264 g/mol. The summed E-state index contributed by atoms with van der Waals surface area (Å²) in [6, 6.07) is 2.72. The van der Waals surface area contributed by atoms with Gasteiger partial charge in [-0.3, -0.25) is 9.89 Å². The third kappa shape index (κ3) is 3.56. The lowest BCUT2D eigenvalue weighted by Crippen LogP contribution is -2.43. The molecule has 0 unspecified atom stereocenters. The van der Waals surface area contributed by atoms with E-state index in [1.165, 1.54) is 6.42 Å². The van der Waals surface area contributed by atoms with Crippen molar-refractivity contribution in [2.75, 3.05) is 13.6 Å². The standard InChI is InChI=1S/C14H24N4O/c1-3-9-15-11-4-6-12(7-5-11)18(2)14(19)13-8-10-16-17-13/h8,10-12,15H,3-7,9H2,1-2H3,(H,16,17). The van der Waals surface area contributed by atoms with Crippen LogP contribution in [0.1, 0.15) is 49.5 Å². The van der Waals surface area contributed by atoms with Gasteiger partial charge < -0.3 is 10.2 Å². The number of nitrogens with zero attached hydrogens (tertiary/aromatic N) is 2. The van der Waals surface area contributed by atoms with E-state index in [-0.39, 0.29) is 5.91 Å². The largest absolute Gasteiger partial charge is 0.337 e. The summed E-state index contributed by atoms with van der Waals surface area (Å²) in [4.78, 5) is 14.1. The van der Waals surface area contributed by atoms with Gasteiger partial charge in [0.1, 0.15) is 5.69 Å². The molecule has 5 heteroatoms. The van der Waals surface area contributed by atoms with Crippen molar-refractivity contribution in [3.8, 4) is 0 Å². The Balaban J connectivity index is 1.82. The van der Waals surface area contributed by atoms with Crippen molar-refractivity contribution in [1.82, 2.24) is 20.4 Å². The van der Waals surface area contributed by atoms with Crippen molar-refractivity contribution < 1.29 is 4.79 Å². The highest BCUT2D eigenvalue weighted by Gasteiger charge is 2.27. The molecule has 1 fully saturated rings. The van der Waals surface area contributed by atoms with E-state index in [4.69, 9.17) is 0 Å². The monoisotopic (exact) mass is 264 g/mol. The number of carbonyl (C=O) groups is 1. The summed E-state index contributed by atoms with van der Waals surface area (Å²) in [5.74, 6) is 0.0440. The molecule has 0 atom stereocenters. The summed E-state index contributed by atoms with van der Waals surface area (Å²) in [6.07, 6.45) is 7.27. The van der Waals surface area contributed by atoms with Crippen LogP contribution in [0.15, 0.2) is 12.3 Å². The van der Waals surface area contributed by atoms with Gasteiger partial charge in [-0.2, -0.15) is 5.10 Å². The van der Waals surface area contributed by atoms with Crippen molar-refractivity contribution in [3.05, 3.63) is 18.0 Å². The quantitative estimate of drug-likeness (QED) is 0.852. The van der Waals surface area contributed by atoms with Gasteiger partial charge in [-0.1, -0.05) is 6.92 Å². The Bertz CT molecular complexity index is 382. The Labute approximate surface area is 114 Å². The van der Waals surface area contributed by atoms with E-state index in [9.17, 15) is 4.79 Å². The second-order valence-electron chi connectivity index (χ2n) is 5.35. The number of H-pyrrole nitrogens is 1. The lowest BCUT2D eigenvalue weighted by Gasteiger charge is -2.34. The molecule has 1 aliphatic carbocycles. The Morgan fingerprint density at radius 3 is 2.79 bits per heavy atom. The molecule has 1 aliphatic rings. The molecular weight excluding hydrogens is 240 g/mol. The van der Waals surface area contributed by atoms with E-state index >= 15 is 0 Å². The van der Waals surface area contributed by atoms with Crippen molar-refractivity contribution in [3.63, 3.8) is 0 Å². The molecule has 5 nitrogen and oxygen atoms in total. The van der Waals surface area contributed by atoms with E-state index in [1.54, 1.807) is 12.3 Å². The first-order chi connectivity index (χ1) is 9.22. The maximum absolute atomic E-state index is 12.2. The van der Waals surface area contributed by atoms with Gasteiger partial charge in [0.2, 0.25) is 0 Å². The van der Waals surface area contributed by atoms with Crippen LogP contribution in [0.2, 0.25) is 0 Å². The van der Waals surface area contributed by atoms with E-state index in [1.807, 2.05) is 11.9 Å². The van der Waals surface area contributed by atoms with Crippen LogP contribution in [-0.4, -0.2) is 46.7 Å². The average Bonchev–Trinajstić information content (AvgIpc) is 2.98. The van der Waals surface area contributed by atoms with E-state index in [2.05, 4.69) is 22.4 Å². The molecule has 2 rings (SSSR count). The molecular formula is C14H24N4O. The zero-order valence-electron chi connectivity index (χ0n) is 11.9. The van der Waals surface area contributed by atoms with E-state index < -0.39 is 0 Å². The van der Waals surface area contributed by atoms with Crippen LogP contribution in [0, 0.1) is 0 Å². The van der Waals surface area contributed by atoms with Crippen molar-refractivity contribution >= 4 is 5.91 Å². The van der Waals surface area contributed by atoms with Gasteiger partial charge in [0.25, 0.3) is 5.91 Å². The van der Waals surface area contributed by atoms with Gasteiger partial charge in [0, 0.05) is 25.3 Å². The summed E-state index contributed by atoms with van der Waals surface area (Å²) in [7, 11) is 1.90. The minimum Gasteiger partial charge on any atom is -0.337 e. The van der Waals surface area contributed by atoms with Gasteiger partial charge >= 0.3 is 0 Å². The lowest BCUT2D eigenvalue weighted by molar-refractivity contribution is 0.0678. The highest BCUT2D eigenvalue weighted by Crippen LogP contribution is 2.23. The molecule has 0 bridgehead atoms. The van der Waals surface area contributed by atoms with E-state index in [0.717, 1.165) is 32.2 Å². The number of rotatable bonds is 5. The highest BCUT2D eigenvalue weighted by atomic mass is 16.2. The van der Waals surface area contributed by atoms with Gasteiger partial charge in [0.05, 0.1) is 0 Å². The Morgan fingerprint density at radius 1 is 1.47 bits per heavy atom. The summed E-state index contributed by atoms with van der Waals surface area (Å²) in [5.41, 5.74) is 0.578. The molecule has 2 N–H and O–H groups in total. The van der Waals surface area contributed by atoms with Gasteiger partial charge in [-0.25, -0.2) is 0 Å². The number of hydrogen-bond acceptors (Lipinski definition) is 3. The number of aromatic amines is 1. The van der Waals surface area contributed by atoms with Crippen LogP contribution in [0.5, 0.6) is 0 Å². The van der Waals surface area contributed by atoms with Gasteiger partial charge in [-0.05, 0) is 44.7 Å². The molecule has 1 heterocycles. The molecule has 1 aromatic rings. The molecule has 0 spiro atoms. The number of amides is 1. The second kappa shape index (κ2) is 6.70. The first-order valence-electron chi connectivity index (χ1n) is 7.22. The summed E-state index contributed by atoms with van der Waals surface area (Å²) in [6.45, 7) is 3.29. The molecule has 19 heavy (non-hydrogen) atoms. The zero-order valence-corrected chi connectivity index (χ0v) is 11.9. The van der Waals surface area contributed by atoms with Crippen molar-refractivity contribution in [2.24, 2.45) is 0 Å². The van der Waals surface area contributed by atoms with Gasteiger partial charge in [-0.15, -0.1) is 0 Å². The number of nitrogens with one attached hydrogen (secondary N) is 2. The third-order valence-corrected chi connectivity index (χ3v) is 3.98. The smallest absolute Gasteiger partial charge is 0.271 e. The number of aromatic nitrogens is 2. The fraction of sp³-hybridized carbons (Fsp3) is 0.714. The van der Waals surface area contributed by atoms with Crippen LogP contribution in [-0.2, 0) is 0 Å². The summed E-state index contributed by atoms with van der Waals surface area (Å²) < 4.78 is 0. The van der Waals surface area contributed by atoms with E-state index in [0.29, 0.717) is 17.8 Å². The Morgan fingerprint density at radius 2 is 2.21 bits per heavy atom. The Hall–Kier alpha value is -1.36. The maximum atomic E-state index is 12.2. The number of hydrogen-bond donors (Lipinski definition) is 2. The van der Waals surface area contributed by atoms with Crippen LogP contribution < -0.4 is 5.32 Å². The molecule has 0 radical (unpaired) electrons. The van der Waals surface area contributed by atoms with Crippen molar-refractivity contribution in [2.45, 2.75) is 51.1 Å². The van der Waals surface area contributed by atoms with Crippen LogP contribution in [0.3, 0.4) is 0 Å². The fourth-order valence-electron chi connectivity index (χ4n) is 2.75. The molecule has 0 aliphatic heterocycles. The summed E-state index contributed by atoms with van der Waals surface area (Å²) in [5, 5.41) is 10.1. The molecule has 0 aromatic carbocycles. The third-order valence-electron chi connectivity index (χ3n) is 3.98. The predicted octanol–water partition coefficient (Wildman–Crippen LogP) is 1.79. The maximum Gasteiger partial charge on any atom is 0.271 e. The zero-order chi connectivity index (χ0) is 13.7. The first kappa shape index (κ1) is 14.1. The van der Waals surface area contributed by atoms with Crippen LogP contribution in [0.25, 0.3) is 0 Å². The molecule has 1 amide bonds. The SMILES string of the molecule is CCCNC1CCC(N(C)C(=O)c2ccn[nH]2)CC1. The predicted molar refractivity (Wildman–Crippen MR) is 75.0 cm³/mol. The minimum absolute atomic E-state index is 0.0440. The minimum atomic E-state index is 0.0440. The Kier molecular flexibility index (Phi) is 4.96. The topological polar surface area (TPSA) is 61.0 Å². The highest BCUT2D eigenvalue weighted by molar-refractivity contribution is 5.92. The summed E-state index contributed by atoms with van der Waals surface area (Å²) >= 11 is 0. The molecule has 1 saturated carbocycles. The normalized spacial score (nSPS) is 23.3. The van der Waals surface area contributed by atoms with Crippen molar-refractivity contribution in [1.29, 1.82) is 0 Å². The fourth-order valence-corrected chi connectivity index (χ4v) is 2.75. The lowest BCUT2D eigenvalue weighted by atomic mass is 9.90. The number of carbonyl (C=O) groups excluding carboxylic acids is 1. The van der Waals surface area contributed by atoms with Gasteiger partial charge in [0.15, 0.2) is 0 Å².